The maximum atomic E-state index is 11.9. The van der Waals surface area contributed by atoms with Crippen molar-refractivity contribution in [3.05, 3.63) is 41.8 Å². The number of carbonyl (C=O) groups is 1. The maximum absolute atomic E-state index is 11.9. The van der Waals surface area contributed by atoms with Gasteiger partial charge in [0, 0.05) is 31.6 Å². The molecule has 1 aromatic carbocycles. The topological polar surface area (TPSA) is 53.6 Å². The van der Waals surface area contributed by atoms with Gasteiger partial charge < -0.3 is 15.0 Å². The molecule has 1 aromatic heterocycles. The second-order valence-corrected chi connectivity index (χ2v) is 6.50. The largest absolute Gasteiger partial charge is 0.380 e. The van der Waals surface area contributed by atoms with Gasteiger partial charge in [0.25, 0.3) is 0 Å². The molecular weight excluding hydrogens is 310 g/mol. The van der Waals surface area contributed by atoms with E-state index in [0.29, 0.717) is 6.10 Å². The lowest BCUT2D eigenvalue weighted by atomic mass is 10.1. The van der Waals surface area contributed by atoms with Crippen LogP contribution in [0, 0.1) is 0 Å². The summed E-state index contributed by atoms with van der Waals surface area (Å²) in [7, 11) is 1.77. The van der Waals surface area contributed by atoms with Gasteiger partial charge in [0.15, 0.2) is 0 Å². The zero-order chi connectivity index (χ0) is 16.1. The average Bonchev–Trinajstić information content (AvgIpc) is 3.08. The van der Waals surface area contributed by atoms with Crippen molar-refractivity contribution in [3.63, 3.8) is 0 Å². The summed E-state index contributed by atoms with van der Waals surface area (Å²) in [5, 5.41) is 8.41. The summed E-state index contributed by atoms with van der Waals surface area (Å²) in [5.74, 6) is 0. The molecule has 1 fully saturated rings. The fourth-order valence-corrected chi connectivity index (χ4v) is 3.36. The molecule has 2 amide bonds. The van der Waals surface area contributed by atoms with Gasteiger partial charge in [0.05, 0.1) is 11.1 Å². The maximum Gasteiger partial charge on any atom is 0.324 e. The van der Waals surface area contributed by atoms with Crippen LogP contribution >= 0.6 is 11.3 Å². The summed E-state index contributed by atoms with van der Waals surface area (Å²) in [5.41, 5.74) is 1.94. The predicted molar refractivity (Wildman–Crippen MR) is 95.6 cm³/mol. The third-order valence-corrected chi connectivity index (χ3v) is 4.75. The van der Waals surface area contributed by atoms with E-state index in [9.17, 15) is 4.79 Å². The first-order valence-electron chi connectivity index (χ1n) is 7.74. The van der Waals surface area contributed by atoms with Crippen LogP contribution in [-0.2, 0) is 4.74 Å². The molecule has 2 aromatic rings. The van der Waals surface area contributed by atoms with Gasteiger partial charge in [-0.25, -0.2) is 4.79 Å². The van der Waals surface area contributed by atoms with Gasteiger partial charge in [-0.2, -0.15) is 0 Å². The van der Waals surface area contributed by atoms with Crippen molar-refractivity contribution >= 4 is 33.7 Å². The summed E-state index contributed by atoms with van der Waals surface area (Å²) in [6, 6.07) is 11.5. The van der Waals surface area contributed by atoms with Crippen molar-refractivity contribution in [2.24, 2.45) is 0 Å². The van der Waals surface area contributed by atoms with Crippen LogP contribution in [0.4, 0.5) is 21.2 Å². The molecule has 0 aliphatic carbocycles. The van der Waals surface area contributed by atoms with Gasteiger partial charge in [0.2, 0.25) is 0 Å². The van der Waals surface area contributed by atoms with Gasteiger partial charge in [-0.3, -0.25) is 5.32 Å². The monoisotopic (exact) mass is 331 g/mol. The number of piperidine rings is 1. The smallest absolute Gasteiger partial charge is 0.324 e. The molecule has 0 radical (unpaired) electrons. The molecule has 1 atom stereocenters. The molecule has 23 heavy (non-hydrogen) atoms. The Labute approximate surface area is 140 Å². The first-order chi connectivity index (χ1) is 11.2. The highest BCUT2D eigenvalue weighted by molar-refractivity contribution is 7.14. The van der Waals surface area contributed by atoms with Gasteiger partial charge in [-0.15, -0.1) is 11.3 Å². The Morgan fingerprint density at radius 1 is 1.26 bits per heavy atom. The van der Waals surface area contributed by atoms with Crippen molar-refractivity contribution in [1.82, 2.24) is 0 Å². The molecule has 122 valence electrons. The number of urea groups is 1. The van der Waals surface area contributed by atoms with Gasteiger partial charge in [-0.05, 0) is 54.6 Å². The number of anilines is 3. The van der Waals surface area contributed by atoms with E-state index < -0.39 is 0 Å². The molecule has 2 N–H and O–H groups in total. The predicted octanol–water partition coefficient (Wildman–Crippen LogP) is 4.01. The van der Waals surface area contributed by atoms with Gasteiger partial charge in [0.1, 0.15) is 0 Å². The zero-order valence-corrected chi connectivity index (χ0v) is 13.9. The summed E-state index contributed by atoms with van der Waals surface area (Å²) < 4.78 is 5.46. The number of amides is 2. The van der Waals surface area contributed by atoms with Gasteiger partial charge in [-0.1, -0.05) is 0 Å². The quantitative estimate of drug-likeness (QED) is 0.890. The van der Waals surface area contributed by atoms with Crippen molar-refractivity contribution in [2.45, 2.75) is 18.9 Å². The fraction of sp³-hybridized carbons (Fsp3) is 0.353. The van der Waals surface area contributed by atoms with E-state index in [-0.39, 0.29) is 6.03 Å². The van der Waals surface area contributed by atoms with Crippen LogP contribution in [0.1, 0.15) is 12.8 Å². The van der Waals surface area contributed by atoms with Crippen LogP contribution in [0.5, 0.6) is 0 Å². The summed E-state index contributed by atoms with van der Waals surface area (Å²) in [6.45, 7) is 1.97. The Bertz CT molecular complexity index is 628. The Morgan fingerprint density at radius 2 is 2.09 bits per heavy atom. The molecule has 1 aliphatic rings. The molecule has 3 rings (SSSR count). The number of methoxy groups -OCH3 is 1. The first-order valence-corrected chi connectivity index (χ1v) is 8.62. The average molecular weight is 331 g/mol. The van der Waals surface area contributed by atoms with E-state index in [4.69, 9.17) is 4.74 Å². The van der Waals surface area contributed by atoms with Crippen LogP contribution in [-0.4, -0.2) is 32.3 Å². The van der Waals surface area contributed by atoms with E-state index in [0.717, 1.165) is 42.3 Å². The second kappa shape index (κ2) is 7.48. The highest BCUT2D eigenvalue weighted by Gasteiger charge is 2.19. The number of ether oxygens (including phenoxy) is 1. The standard InChI is InChI=1S/C17H21N3O2S/c1-22-15-4-2-10-20(12-15)14-8-6-13(7-9-14)18-17(21)19-16-5-3-11-23-16/h3,5-9,11,15H,2,4,10,12H2,1H3,(H2,18,19,21)/t15-/m0/s1. The van der Waals surface area contributed by atoms with Crippen LogP contribution in [0.15, 0.2) is 41.8 Å². The zero-order valence-electron chi connectivity index (χ0n) is 13.1. The Kier molecular flexibility index (Phi) is 5.15. The van der Waals surface area contributed by atoms with Gasteiger partial charge >= 0.3 is 6.03 Å². The molecule has 0 saturated carbocycles. The third kappa shape index (κ3) is 4.24. The fourth-order valence-electron chi connectivity index (χ4n) is 2.74. The van der Waals surface area contributed by atoms with E-state index in [1.165, 1.54) is 11.3 Å². The highest BCUT2D eigenvalue weighted by Crippen LogP contribution is 2.23. The molecule has 5 nitrogen and oxygen atoms in total. The van der Waals surface area contributed by atoms with E-state index >= 15 is 0 Å². The Balaban J connectivity index is 1.57. The molecular formula is C17H21N3O2S. The van der Waals surface area contributed by atoms with Crippen molar-refractivity contribution in [1.29, 1.82) is 0 Å². The molecule has 1 aliphatic heterocycles. The Morgan fingerprint density at radius 3 is 2.78 bits per heavy atom. The van der Waals surface area contributed by atoms with Crippen LogP contribution in [0.2, 0.25) is 0 Å². The van der Waals surface area contributed by atoms with Crippen molar-refractivity contribution in [2.75, 3.05) is 35.7 Å². The van der Waals surface area contributed by atoms with Crippen molar-refractivity contribution in [3.8, 4) is 0 Å². The number of hydrogen-bond donors (Lipinski definition) is 2. The summed E-state index contributed by atoms with van der Waals surface area (Å²) in [6.07, 6.45) is 2.56. The van der Waals surface area contributed by atoms with E-state index in [1.807, 2.05) is 41.8 Å². The number of thiophene rings is 1. The molecule has 2 heterocycles. The number of nitrogens with one attached hydrogen (secondary N) is 2. The molecule has 6 heteroatoms. The van der Waals surface area contributed by atoms with Crippen LogP contribution in [0.3, 0.4) is 0 Å². The molecule has 0 unspecified atom stereocenters. The summed E-state index contributed by atoms with van der Waals surface area (Å²) >= 11 is 1.49. The minimum absolute atomic E-state index is 0.224. The molecule has 0 bridgehead atoms. The number of hydrogen-bond acceptors (Lipinski definition) is 4. The second-order valence-electron chi connectivity index (χ2n) is 5.55. The van der Waals surface area contributed by atoms with Crippen LogP contribution < -0.4 is 15.5 Å². The number of rotatable bonds is 4. The van der Waals surface area contributed by atoms with Crippen molar-refractivity contribution < 1.29 is 9.53 Å². The van der Waals surface area contributed by atoms with Crippen LogP contribution in [0.25, 0.3) is 0 Å². The minimum atomic E-state index is -0.224. The molecule has 0 spiro atoms. The number of nitrogens with zero attached hydrogens (tertiary/aromatic N) is 1. The number of carbonyl (C=O) groups excluding carboxylic acids is 1. The van der Waals surface area contributed by atoms with E-state index in [2.05, 4.69) is 15.5 Å². The minimum Gasteiger partial charge on any atom is -0.380 e. The Hall–Kier alpha value is -2.05. The lowest BCUT2D eigenvalue weighted by Gasteiger charge is -2.33. The molecule has 1 saturated heterocycles. The van der Waals surface area contributed by atoms with E-state index in [1.54, 1.807) is 7.11 Å². The number of benzene rings is 1. The summed E-state index contributed by atoms with van der Waals surface area (Å²) in [4.78, 5) is 14.2. The highest BCUT2D eigenvalue weighted by atomic mass is 32.1. The lowest BCUT2D eigenvalue weighted by Crippen LogP contribution is -2.39. The SMILES string of the molecule is CO[C@H]1CCCN(c2ccc(NC(=O)Nc3cccs3)cc2)C1. The third-order valence-electron chi connectivity index (χ3n) is 3.96. The normalized spacial score (nSPS) is 17.8. The first kappa shape index (κ1) is 15.8. The lowest BCUT2D eigenvalue weighted by molar-refractivity contribution is 0.0893.